The molecule has 0 spiro atoms. The number of aromatic nitrogens is 2. The molecule has 0 N–H and O–H groups in total. The van der Waals surface area contributed by atoms with Crippen molar-refractivity contribution in [3.8, 4) is 0 Å². The topological polar surface area (TPSA) is 29.0 Å². The third-order valence-corrected chi connectivity index (χ3v) is 2.53. The predicted molar refractivity (Wildman–Crippen MR) is 66.1 cm³/mol. The van der Waals surface area contributed by atoms with Gasteiger partial charge in [-0.3, -0.25) is 0 Å². The summed E-state index contributed by atoms with van der Waals surface area (Å²) in [6.45, 7) is 2.51. The van der Waals surface area contributed by atoms with Crippen molar-refractivity contribution < 1.29 is 4.39 Å². The lowest BCUT2D eigenvalue weighted by molar-refractivity contribution is 0.625. The SMILES string of the molecule is CCN(c1ccnc(Cl)n1)c1ccccc1F. The van der Waals surface area contributed by atoms with Crippen LogP contribution >= 0.6 is 11.6 Å². The minimum Gasteiger partial charge on any atom is -0.324 e. The number of para-hydroxylation sites is 1. The van der Waals surface area contributed by atoms with E-state index < -0.39 is 0 Å². The van der Waals surface area contributed by atoms with Crippen molar-refractivity contribution in [3.05, 3.63) is 47.6 Å². The van der Waals surface area contributed by atoms with E-state index in [0.29, 0.717) is 18.1 Å². The average Bonchev–Trinajstić information content (AvgIpc) is 2.33. The molecular formula is C12H11ClFN3. The Balaban J connectivity index is 2.44. The third kappa shape index (κ3) is 2.53. The Bertz CT molecular complexity index is 519. The summed E-state index contributed by atoms with van der Waals surface area (Å²) in [4.78, 5) is 9.62. The zero-order valence-electron chi connectivity index (χ0n) is 9.27. The number of halogens is 2. The van der Waals surface area contributed by atoms with E-state index >= 15 is 0 Å². The van der Waals surface area contributed by atoms with Gasteiger partial charge in [0.1, 0.15) is 11.6 Å². The molecule has 0 aliphatic rings. The van der Waals surface area contributed by atoms with Crippen molar-refractivity contribution in [2.24, 2.45) is 0 Å². The van der Waals surface area contributed by atoms with Crippen LogP contribution in [0, 0.1) is 5.82 Å². The van der Waals surface area contributed by atoms with E-state index in [2.05, 4.69) is 9.97 Å². The maximum Gasteiger partial charge on any atom is 0.224 e. The smallest absolute Gasteiger partial charge is 0.224 e. The highest BCUT2D eigenvalue weighted by atomic mass is 35.5. The van der Waals surface area contributed by atoms with Crippen LogP contribution in [0.4, 0.5) is 15.9 Å². The van der Waals surface area contributed by atoms with Crippen molar-refractivity contribution in [2.75, 3.05) is 11.4 Å². The Kier molecular flexibility index (Phi) is 3.54. The van der Waals surface area contributed by atoms with Crippen molar-refractivity contribution in [1.29, 1.82) is 0 Å². The van der Waals surface area contributed by atoms with Gasteiger partial charge in [0.15, 0.2) is 0 Å². The molecule has 0 radical (unpaired) electrons. The molecule has 17 heavy (non-hydrogen) atoms. The number of hydrogen-bond acceptors (Lipinski definition) is 3. The first-order valence-electron chi connectivity index (χ1n) is 5.23. The van der Waals surface area contributed by atoms with E-state index in [1.807, 2.05) is 6.92 Å². The molecule has 0 aliphatic carbocycles. The van der Waals surface area contributed by atoms with E-state index in [1.165, 1.54) is 6.07 Å². The zero-order chi connectivity index (χ0) is 12.3. The van der Waals surface area contributed by atoms with E-state index in [-0.39, 0.29) is 11.1 Å². The third-order valence-electron chi connectivity index (χ3n) is 2.35. The molecule has 1 heterocycles. The van der Waals surface area contributed by atoms with Gasteiger partial charge in [-0.05, 0) is 36.7 Å². The quantitative estimate of drug-likeness (QED) is 0.783. The second-order valence-electron chi connectivity index (χ2n) is 3.38. The second-order valence-corrected chi connectivity index (χ2v) is 3.72. The van der Waals surface area contributed by atoms with Crippen LogP contribution in [-0.4, -0.2) is 16.5 Å². The van der Waals surface area contributed by atoms with Crippen molar-refractivity contribution >= 4 is 23.1 Å². The molecule has 0 atom stereocenters. The molecule has 2 aromatic rings. The first kappa shape index (κ1) is 11.8. The molecule has 1 aromatic carbocycles. The van der Waals surface area contributed by atoms with Gasteiger partial charge in [-0.2, -0.15) is 0 Å². The van der Waals surface area contributed by atoms with Gasteiger partial charge >= 0.3 is 0 Å². The number of hydrogen-bond donors (Lipinski definition) is 0. The predicted octanol–water partition coefficient (Wildman–Crippen LogP) is 3.43. The lowest BCUT2D eigenvalue weighted by atomic mass is 10.2. The van der Waals surface area contributed by atoms with Gasteiger partial charge in [-0.25, -0.2) is 14.4 Å². The standard InChI is InChI=1S/C12H11ClFN3/c1-2-17(10-6-4-3-5-9(10)14)11-7-8-15-12(13)16-11/h3-8H,2H2,1H3. The summed E-state index contributed by atoms with van der Waals surface area (Å²) >= 11 is 5.73. The molecular weight excluding hydrogens is 241 g/mol. The fourth-order valence-corrected chi connectivity index (χ4v) is 1.75. The highest BCUT2D eigenvalue weighted by molar-refractivity contribution is 6.28. The highest BCUT2D eigenvalue weighted by Gasteiger charge is 2.12. The Morgan fingerprint density at radius 3 is 2.71 bits per heavy atom. The van der Waals surface area contributed by atoms with Crippen molar-refractivity contribution in [3.63, 3.8) is 0 Å². The van der Waals surface area contributed by atoms with Gasteiger partial charge in [0, 0.05) is 12.7 Å². The largest absolute Gasteiger partial charge is 0.324 e. The minimum atomic E-state index is -0.288. The van der Waals surface area contributed by atoms with E-state index in [4.69, 9.17) is 11.6 Å². The first-order chi connectivity index (χ1) is 8.22. The highest BCUT2D eigenvalue weighted by Crippen LogP contribution is 2.25. The van der Waals surface area contributed by atoms with Gasteiger partial charge in [0.05, 0.1) is 5.69 Å². The van der Waals surface area contributed by atoms with Crippen LogP contribution in [0.25, 0.3) is 0 Å². The Morgan fingerprint density at radius 1 is 1.29 bits per heavy atom. The molecule has 0 amide bonds. The van der Waals surface area contributed by atoms with E-state index in [9.17, 15) is 4.39 Å². The molecule has 0 fully saturated rings. The van der Waals surface area contributed by atoms with Crippen LogP contribution < -0.4 is 4.90 Å². The average molecular weight is 252 g/mol. The Hall–Kier alpha value is -1.68. The maximum atomic E-state index is 13.7. The summed E-state index contributed by atoms with van der Waals surface area (Å²) in [5.74, 6) is 0.293. The molecule has 2 rings (SSSR count). The minimum absolute atomic E-state index is 0.150. The summed E-state index contributed by atoms with van der Waals surface area (Å²) in [6, 6.07) is 8.25. The van der Waals surface area contributed by atoms with Crippen LogP contribution in [0.15, 0.2) is 36.5 Å². The fourth-order valence-electron chi connectivity index (χ4n) is 1.60. The molecule has 0 saturated carbocycles. The number of nitrogens with zero attached hydrogens (tertiary/aromatic N) is 3. The second kappa shape index (κ2) is 5.10. The summed E-state index contributed by atoms with van der Waals surface area (Å²) in [5.41, 5.74) is 0.477. The lowest BCUT2D eigenvalue weighted by Gasteiger charge is -2.22. The molecule has 0 aliphatic heterocycles. The van der Waals surface area contributed by atoms with Crippen molar-refractivity contribution in [1.82, 2.24) is 9.97 Å². The summed E-state index contributed by atoms with van der Waals surface area (Å²) in [6.07, 6.45) is 1.55. The Morgan fingerprint density at radius 2 is 2.06 bits per heavy atom. The molecule has 88 valence electrons. The molecule has 0 unspecified atom stereocenters. The van der Waals surface area contributed by atoms with E-state index in [1.54, 1.807) is 35.4 Å². The van der Waals surface area contributed by atoms with Crippen LogP contribution in [0.3, 0.4) is 0 Å². The fraction of sp³-hybridized carbons (Fsp3) is 0.167. The molecule has 5 heteroatoms. The summed E-state index contributed by atoms with van der Waals surface area (Å²) in [7, 11) is 0. The molecule has 3 nitrogen and oxygen atoms in total. The number of benzene rings is 1. The summed E-state index contributed by atoms with van der Waals surface area (Å²) in [5, 5.41) is 0.150. The van der Waals surface area contributed by atoms with Gasteiger partial charge in [-0.1, -0.05) is 12.1 Å². The van der Waals surface area contributed by atoms with Gasteiger partial charge in [0.25, 0.3) is 0 Å². The maximum absolute atomic E-state index is 13.7. The first-order valence-corrected chi connectivity index (χ1v) is 5.60. The van der Waals surface area contributed by atoms with Gasteiger partial charge in [0.2, 0.25) is 5.28 Å². The molecule has 1 aromatic heterocycles. The van der Waals surface area contributed by atoms with Gasteiger partial charge in [-0.15, -0.1) is 0 Å². The monoisotopic (exact) mass is 251 g/mol. The lowest BCUT2D eigenvalue weighted by Crippen LogP contribution is -2.18. The number of anilines is 2. The van der Waals surface area contributed by atoms with E-state index in [0.717, 1.165) is 0 Å². The van der Waals surface area contributed by atoms with Crippen molar-refractivity contribution in [2.45, 2.75) is 6.92 Å². The van der Waals surface area contributed by atoms with Crippen LogP contribution in [-0.2, 0) is 0 Å². The van der Waals surface area contributed by atoms with Crippen LogP contribution in [0.5, 0.6) is 0 Å². The zero-order valence-corrected chi connectivity index (χ0v) is 10.0. The normalized spacial score (nSPS) is 10.3. The molecule has 0 bridgehead atoms. The summed E-state index contributed by atoms with van der Waals surface area (Å²) < 4.78 is 13.7. The van der Waals surface area contributed by atoms with Crippen LogP contribution in [0.1, 0.15) is 6.92 Å². The molecule has 0 saturated heterocycles. The van der Waals surface area contributed by atoms with Gasteiger partial charge < -0.3 is 4.90 Å². The number of rotatable bonds is 3. The Labute approximate surface area is 104 Å². The van der Waals surface area contributed by atoms with Crippen LogP contribution in [0.2, 0.25) is 5.28 Å².